The number of benzene rings is 1. The highest BCUT2D eigenvalue weighted by molar-refractivity contribution is 6.30. The Morgan fingerprint density at radius 2 is 2.00 bits per heavy atom. The summed E-state index contributed by atoms with van der Waals surface area (Å²) in [4.78, 5) is 18.5. The van der Waals surface area contributed by atoms with E-state index in [2.05, 4.69) is 22.4 Å². The van der Waals surface area contributed by atoms with Crippen molar-refractivity contribution in [3.8, 4) is 0 Å². The number of carbonyl (C=O) groups is 1. The third-order valence-corrected chi connectivity index (χ3v) is 4.62. The molecule has 2 aromatic rings. The van der Waals surface area contributed by atoms with Gasteiger partial charge in [0.15, 0.2) is 0 Å². The monoisotopic (exact) mass is 329 g/mol. The first-order valence-corrected chi connectivity index (χ1v) is 8.16. The van der Waals surface area contributed by atoms with Crippen molar-refractivity contribution in [1.82, 2.24) is 10.3 Å². The predicted octanol–water partition coefficient (Wildman–Crippen LogP) is 3.37. The van der Waals surface area contributed by atoms with Gasteiger partial charge >= 0.3 is 0 Å². The minimum Gasteiger partial charge on any atom is -0.350 e. The highest BCUT2D eigenvalue weighted by Gasteiger charge is 2.39. The van der Waals surface area contributed by atoms with Crippen molar-refractivity contribution in [3.63, 3.8) is 0 Å². The molecule has 4 nitrogen and oxygen atoms in total. The van der Waals surface area contributed by atoms with Gasteiger partial charge in [0.25, 0.3) is 0 Å². The van der Waals surface area contributed by atoms with Gasteiger partial charge in [-0.05, 0) is 37.0 Å². The van der Waals surface area contributed by atoms with Crippen molar-refractivity contribution >= 4 is 23.3 Å². The van der Waals surface area contributed by atoms with E-state index in [0.717, 1.165) is 25.1 Å². The molecule has 1 saturated carbocycles. The molecule has 1 heterocycles. The molecule has 1 aromatic heterocycles. The Morgan fingerprint density at radius 3 is 2.57 bits per heavy atom. The van der Waals surface area contributed by atoms with Crippen LogP contribution in [0.1, 0.15) is 24.8 Å². The Kier molecular flexibility index (Phi) is 4.53. The van der Waals surface area contributed by atoms with Crippen LogP contribution in [0.15, 0.2) is 48.7 Å². The molecule has 1 aliphatic carbocycles. The van der Waals surface area contributed by atoms with E-state index >= 15 is 0 Å². The number of aromatic nitrogens is 1. The molecule has 1 aromatic carbocycles. The quantitative estimate of drug-likeness (QED) is 0.914. The topological polar surface area (TPSA) is 45.2 Å². The van der Waals surface area contributed by atoms with Crippen molar-refractivity contribution in [1.29, 1.82) is 0 Å². The normalized spacial score (nSPS) is 15.6. The minimum absolute atomic E-state index is 0.00723. The largest absolute Gasteiger partial charge is 0.350 e. The van der Waals surface area contributed by atoms with E-state index in [1.807, 2.05) is 36.2 Å². The highest BCUT2D eigenvalue weighted by Crippen LogP contribution is 2.41. The lowest BCUT2D eigenvalue weighted by molar-refractivity contribution is -0.123. The van der Waals surface area contributed by atoms with E-state index < -0.39 is 0 Å². The molecule has 0 aliphatic heterocycles. The number of likely N-dealkylation sites (N-methyl/N-ethyl adjacent to an activating group) is 1. The van der Waals surface area contributed by atoms with Crippen LogP contribution in [-0.4, -0.2) is 24.5 Å². The van der Waals surface area contributed by atoms with Crippen molar-refractivity contribution in [2.24, 2.45) is 0 Å². The molecule has 1 aliphatic rings. The van der Waals surface area contributed by atoms with E-state index in [1.54, 1.807) is 12.3 Å². The van der Waals surface area contributed by atoms with Gasteiger partial charge < -0.3 is 10.2 Å². The van der Waals surface area contributed by atoms with E-state index in [9.17, 15) is 4.79 Å². The lowest BCUT2D eigenvalue weighted by Crippen LogP contribution is -2.53. The van der Waals surface area contributed by atoms with E-state index in [-0.39, 0.29) is 18.0 Å². The number of hydrogen-bond acceptors (Lipinski definition) is 3. The second kappa shape index (κ2) is 6.59. The Labute approximate surface area is 141 Å². The molecule has 0 radical (unpaired) electrons. The Bertz CT molecular complexity index is 668. The van der Waals surface area contributed by atoms with E-state index in [1.165, 1.54) is 5.56 Å². The lowest BCUT2D eigenvalue weighted by atomic mass is 9.72. The van der Waals surface area contributed by atoms with Gasteiger partial charge in [-0.3, -0.25) is 4.79 Å². The van der Waals surface area contributed by atoms with Crippen LogP contribution in [0.25, 0.3) is 0 Å². The molecule has 3 rings (SSSR count). The third-order valence-electron chi connectivity index (χ3n) is 4.40. The molecule has 0 spiro atoms. The van der Waals surface area contributed by atoms with Crippen molar-refractivity contribution in [2.45, 2.75) is 24.8 Å². The molecule has 0 saturated heterocycles. The van der Waals surface area contributed by atoms with E-state index in [0.29, 0.717) is 5.02 Å². The van der Waals surface area contributed by atoms with Gasteiger partial charge in [-0.2, -0.15) is 0 Å². The number of nitrogens with one attached hydrogen (secondary N) is 1. The summed E-state index contributed by atoms with van der Waals surface area (Å²) >= 11 is 5.84. The van der Waals surface area contributed by atoms with Gasteiger partial charge in [-0.1, -0.05) is 41.9 Å². The summed E-state index contributed by atoms with van der Waals surface area (Å²) in [5.74, 6) is 0.736. The van der Waals surface area contributed by atoms with Crippen molar-refractivity contribution in [3.05, 3.63) is 59.2 Å². The fraction of sp³-hybridized carbons (Fsp3) is 0.333. The first kappa shape index (κ1) is 15.8. The zero-order chi connectivity index (χ0) is 16.3. The van der Waals surface area contributed by atoms with E-state index in [4.69, 9.17) is 11.6 Å². The number of hydrogen-bond donors (Lipinski definition) is 1. The number of anilines is 1. The average molecular weight is 330 g/mol. The predicted molar refractivity (Wildman–Crippen MR) is 92.6 cm³/mol. The molecular formula is C18H20ClN3O. The van der Waals surface area contributed by atoms with Crippen LogP contribution in [0.5, 0.6) is 0 Å². The van der Waals surface area contributed by atoms with Crippen LogP contribution in [-0.2, 0) is 10.3 Å². The zero-order valence-corrected chi connectivity index (χ0v) is 13.9. The SMILES string of the molecule is CN(CC(=O)NC1(c2ccccc2)CCC1)c1ccc(Cl)cn1. The van der Waals surface area contributed by atoms with Crippen LogP contribution >= 0.6 is 11.6 Å². The molecule has 1 N–H and O–H groups in total. The first-order chi connectivity index (χ1) is 11.1. The minimum atomic E-state index is -0.202. The molecular weight excluding hydrogens is 310 g/mol. The maximum Gasteiger partial charge on any atom is 0.240 e. The van der Waals surface area contributed by atoms with Crippen LogP contribution in [0, 0.1) is 0 Å². The van der Waals surface area contributed by atoms with Crippen LogP contribution < -0.4 is 10.2 Å². The lowest BCUT2D eigenvalue weighted by Gasteiger charge is -2.43. The number of carbonyl (C=O) groups excluding carboxylic acids is 1. The van der Waals surface area contributed by atoms with Crippen LogP contribution in [0.2, 0.25) is 5.02 Å². The molecule has 120 valence electrons. The number of rotatable bonds is 5. The number of nitrogens with zero attached hydrogens (tertiary/aromatic N) is 2. The second-order valence-electron chi connectivity index (χ2n) is 6.04. The number of pyridine rings is 1. The van der Waals surface area contributed by atoms with Crippen molar-refractivity contribution < 1.29 is 4.79 Å². The van der Waals surface area contributed by atoms with Gasteiger partial charge in [-0.25, -0.2) is 4.98 Å². The smallest absolute Gasteiger partial charge is 0.240 e. The molecule has 1 fully saturated rings. The molecule has 0 atom stereocenters. The molecule has 23 heavy (non-hydrogen) atoms. The molecule has 0 bridgehead atoms. The standard InChI is InChI=1S/C18H20ClN3O/c1-22(16-9-8-15(19)12-20-16)13-17(23)21-18(10-5-11-18)14-6-3-2-4-7-14/h2-4,6-9,12H,5,10-11,13H2,1H3,(H,21,23). The highest BCUT2D eigenvalue weighted by atomic mass is 35.5. The summed E-state index contributed by atoms with van der Waals surface area (Å²) in [6, 6.07) is 13.8. The fourth-order valence-corrected chi connectivity index (χ4v) is 3.08. The number of halogens is 1. The van der Waals surface area contributed by atoms with Crippen LogP contribution in [0.4, 0.5) is 5.82 Å². The maximum atomic E-state index is 12.5. The molecule has 5 heteroatoms. The Morgan fingerprint density at radius 1 is 1.26 bits per heavy atom. The van der Waals surface area contributed by atoms with Crippen LogP contribution in [0.3, 0.4) is 0 Å². The fourth-order valence-electron chi connectivity index (χ4n) is 2.97. The Hall–Kier alpha value is -2.07. The summed E-state index contributed by atoms with van der Waals surface area (Å²) in [6.45, 7) is 0.267. The zero-order valence-electron chi connectivity index (χ0n) is 13.1. The summed E-state index contributed by atoms with van der Waals surface area (Å²) in [5.41, 5.74) is 0.985. The van der Waals surface area contributed by atoms with Crippen molar-refractivity contribution in [2.75, 3.05) is 18.5 Å². The number of amides is 1. The van der Waals surface area contributed by atoms with Gasteiger partial charge in [-0.15, -0.1) is 0 Å². The first-order valence-electron chi connectivity index (χ1n) is 7.78. The average Bonchev–Trinajstić information content (AvgIpc) is 2.52. The molecule has 1 amide bonds. The summed E-state index contributed by atoms with van der Waals surface area (Å²) in [6.07, 6.45) is 4.71. The van der Waals surface area contributed by atoms with Gasteiger partial charge in [0.1, 0.15) is 5.82 Å². The summed E-state index contributed by atoms with van der Waals surface area (Å²) in [7, 11) is 1.85. The maximum absolute atomic E-state index is 12.5. The summed E-state index contributed by atoms with van der Waals surface area (Å²) < 4.78 is 0. The Balaban J connectivity index is 1.65. The molecule has 0 unspecified atom stereocenters. The third kappa shape index (κ3) is 3.48. The van der Waals surface area contributed by atoms with Gasteiger partial charge in [0, 0.05) is 13.2 Å². The van der Waals surface area contributed by atoms with Gasteiger partial charge in [0.2, 0.25) is 5.91 Å². The van der Waals surface area contributed by atoms with Gasteiger partial charge in [0.05, 0.1) is 17.1 Å². The second-order valence-corrected chi connectivity index (χ2v) is 6.48. The summed E-state index contributed by atoms with van der Waals surface area (Å²) in [5, 5.41) is 3.81.